The van der Waals surface area contributed by atoms with Crippen molar-refractivity contribution >= 4 is 22.5 Å². The molecule has 1 atom stereocenters. The van der Waals surface area contributed by atoms with E-state index in [1.807, 2.05) is 56.3 Å². The summed E-state index contributed by atoms with van der Waals surface area (Å²) in [4.78, 5) is 17.2. The zero-order valence-corrected chi connectivity index (χ0v) is 17.5. The summed E-state index contributed by atoms with van der Waals surface area (Å²) < 4.78 is 11.8. The molecule has 1 unspecified atom stereocenters. The van der Waals surface area contributed by atoms with Crippen LogP contribution in [-0.4, -0.2) is 23.6 Å². The van der Waals surface area contributed by atoms with Crippen LogP contribution in [0.5, 0.6) is 11.5 Å². The Labute approximate surface area is 172 Å². The van der Waals surface area contributed by atoms with Crippen LogP contribution in [0.3, 0.4) is 0 Å². The Kier molecular flexibility index (Phi) is 6.70. The van der Waals surface area contributed by atoms with Gasteiger partial charge in [-0.25, -0.2) is 0 Å². The standard InChI is InChI=1S/C24H28N2O3/c1-5-6-15-28-22-13-12-20(19-10-8-14-25-23(19)22)26-24(27)18(4)29-21-11-7-9-16(2)17(21)3/h7-14,18H,5-6,15H2,1-4H3,(H,26,27). The van der Waals surface area contributed by atoms with Gasteiger partial charge in [0.25, 0.3) is 5.91 Å². The summed E-state index contributed by atoms with van der Waals surface area (Å²) in [6, 6.07) is 13.3. The van der Waals surface area contributed by atoms with E-state index in [0.29, 0.717) is 12.3 Å². The molecule has 1 heterocycles. The molecular formula is C24H28N2O3. The lowest BCUT2D eigenvalue weighted by Gasteiger charge is -2.18. The van der Waals surface area contributed by atoms with Gasteiger partial charge < -0.3 is 14.8 Å². The number of nitrogens with one attached hydrogen (secondary N) is 1. The molecule has 5 nitrogen and oxygen atoms in total. The van der Waals surface area contributed by atoms with Crippen molar-refractivity contribution in [3.05, 3.63) is 59.8 Å². The minimum absolute atomic E-state index is 0.212. The summed E-state index contributed by atoms with van der Waals surface area (Å²) >= 11 is 0. The van der Waals surface area contributed by atoms with Crippen LogP contribution in [0.1, 0.15) is 37.8 Å². The highest BCUT2D eigenvalue weighted by molar-refractivity contribution is 6.04. The Balaban J connectivity index is 1.77. The van der Waals surface area contributed by atoms with E-state index in [1.165, 1.54) is 0 Å². The van der Waals surface area contributed by atoms with Gasteiger partial charge in [0, 0.05) is 11.6 Å². The van der Waals surface area contributed by atoms with Gasteiger partial charge >= 0.3 is 0 Å². The first-order valence-corrected chi connectivity index (χ1v) is 10.1. The quantitative estimate of drug-likeness (QED) is 0.519. The number of fused-ring (bicyclic) bond motifs is 1. The van der Waals surface area contributed by atoms with Gasteiger partial charge in [-0.05, 0) is 68.7 Å². The van der Waals surface area contributed by atoms with Crippen LogP contribution in [0.15, 0.2) is 48.7 Å². The van der Waals surface area contributed by atoms with Crippen LogP contribution in [-0.2, 0) is 4.79 Å². The number of nitrogens with zero attached hydrogens (tertiary/aromatic N) is 1. The zero-order chi connectivity index (χ0) is 20.8. The third-order valence-corrected chi connectivity index (χ3v) is 4.97. The average molecular weight is 392 g/mol. The highest BCUT2D eigenvalue weighted by Crippen LogP contribution is 2.30. The fourth-order valence-corrected chi connectivity index (χ4v) is 3.03. The number of unbranched alkanes of at least 4 members (excludes halogenated alkanes) is 1. The minimum atomic E-state index is -0.636. The first-order chi connectivity index (χ1) is 14.0. The third-order valence-electron chi connectivity index (χ3n) is 4.97. The number of carbonyl (C=O) groups excluding carboxylic acids is 1. The molecule has 3 rings (SSSR count). The second kappa shape index (κ2) is 9.41. The van der Waals surface area contributed by atoms with Crippen molar-refractivity contribution in [3.63, 3.8) is 0 Å². The molecule has 0 bridgehead atoms. The topological polar surface area (TPSA) is 60.5 Å². The number of hydrogen-bond donors (Lipinski definition) is 1. The lowest BCUT2D eigenvalue weighted by molar-refractivity contribution is -0.122. The van der Waals surface area contributed by atoms with Crippen molar-refractivity contribution in [3.8, 4) is 11.5 Å². The summed E-state index contributed by atoms with van der Waals surface area (Å²) in [5.74, 6) is 1.24. The number of amides is 1. The molecule has 0 radical (unpaired) electrons. The Morgan fingerprint density at radius 3 is 2.72 bits per heavy atom. The number of anilines is 1. The maximum Gasteiger partial charge on any atom is 0.265 e. The van der Waals surface area contributed by atoms with Gasteiger partial charge in [0.1, 0.15) is 17.0 Å². The van der Waals surface area contributed by atoms with Crippen molar-refractivity contribution in [1.82, 2.24) is 4.98 Å². The predicted octanol–water partition coefficient (Wildman–Crippen LogP) is 5.44. The molecule has 29 heavy (non-hydrogen) atoms. The lowest BCUT2D eigenvalue weighted by atomic mass is 10.1. The SMILES string of the molecule is CCCCOc1ccc(NC(=O)C(C)Oc2cccc(C)c2C)c2cccnc12. The average Bonchev–Trinajstić information content (AvgIpc) is 2.73. The number of carbonyl (C=O) groups is 1. The highest BCUT2D eigenvalue weighted by atomic mass is 16.5. The highest BCUT2D eigenvalue weighted by Gasteiger charge is 2.18. The van der Waals surface area contributed by atoms with Gasteiger partial charge in [-0.1, -0.05) is 25.5 Å². The number of ether oxygens (including phenoxy) is 2. The molecular weight excluding hydrogens is 364 g/mol. The van der Waals surface area contributed by atoms with Gasteiger partial charge in [-0.15, -0.1) is 0 Å². The molecule has 3 aromatic rings. The molecule has 5 heteroatoms. The molecule has 1 N–H and O–H groups in total. The Hall–Kier alpha value is -3.08. The van der Waals surface area contributed by atoms with Gasteiger partial charge in [-0.3, -0.25) is 9.78 Å². The van der Waals surface area contributed by atoms with E-state index in [0.717, 1.165) is 46.4 Å². The number of hydrogen-bond acceptors (Lipinski definition) is 4. The predicted molar refractivity (Wildman–Crippen MR) is 117 cm³/mol. The van der Waals surface area contributed by atoms with Crippen LogP contribution >= 0.6 is 0 Å². The summed E-state index contributed by atoms with van der Waals surface area (Å²) in [6.45, 7) is 8.54. The molecule has 0 fully saturated rings. The monoisotopic (exact) mass is 392 g/mol. The van der Waals surface area contributed by atoms with Crippen LogP contribution < -0.4 is 14.8 Å². The van der Waals surface area contributed by atoms with E-state index in [9.17, 15) is 4.79 Å². The number of aryl methyl sites for hydroxylation is 1. The van der Waals surface area contributed by atoms with Crippen LogP contribution in [0, 0.1) is 13.8 Å². The number of rotatable bonds is 8. The maximum atomic E-state index is 12.8. The van der Waals surface area contributed by atoms with Gasteiger partial charge in [0.2, 0.25) is 0 Å². The van der Waals surface area contributed by atoms with E-state index in [1.54, 1.807) is 13.1 Å². The number of benzene rings is 2. The number of pyridine rings is 1. The summed E-state index contributed by atoms with van der Waals surface area (Å²) in [7, 11) is 0. The second-order valence-electron chi connectivity index (χ2n) is 7.16. The van der Waals surface area contributed by atoms with E-state index in [2.05, 4.69) is 17.2 Å². The normalized spacial score (nSPS) is 11.9. The Morgan fingerprint density at radius 2 is 1.93 bits per heavy atom. The van der Waals surface area contributed by atoms with Crippen molar-refractivity contribution < 1.29 is 14.3 Å². The van der Waals surface area contributed by atoms with Crippen molar-refractivity contribution in [1.29, 1.82) is 0 Å². The smallest absolute Gasteiger partial charge is 0.265 e. The molecule has 0 saturated heterocycles. The molecule has 0 aliphatic rings. The molecule has 0 aliphatic heterocycles. The first-order valence-electron chi connectivity index (χ1n) is 10.1. The van der Waals surface area contributed by atoms with E-state index in [-0.39, 0.29) is 5.91 Å². The fraction of sp³-hybridized carbons (Fsp3) is 0.333. The summed E-state index contributed by atoms with van der Waals surface area (Å²) in [6.07, 6.45) is 3.15. The molecule has 2 aromatic carbocycles. The molecule has 0 saturated carbocycles. The summed E-state index contributed by atoms with van der Waals surface area (Å²) in [5, 5.41) is 3.82. The Morgan fingerprint density at radius 1 is 1.10 bits per heavy atom. The molecule has 1 amide bonds. The molecule has 1 aromatic heterocycles. The number of aromatic nitrogens is 1. The van der Waals surface area contributed by atoms with E-state index >= 15 is 0 Å². The van der Waals surface area contributed by atoms with Crippen molar-refractivity contribution in [2.75, 3.05) is 11.9 Å². The van der Waals surface area contributed by atoms with E-state index in [4.69, 9.17) is 9.47 Å². The van der Waals surface area contributed by atoms with Gasteiger partial charge in [0.05, 0.1) is 12.3 Å². The van der Waals surface area contributed by atoms with E-state index < -0.39 is 6.10 Å². The van der Waals surface area contributed by atoms with Crippen molar-refractivity contribution in [2.45, 2.75) is 46.6 Å². The van der Waals surface area contributed by atoms with Gasteiger partial charge in [0.15, 0.2) is 6.10 Å². The summed E-state index contributed by atoms with van der Waals surface area (Å²) in [5.41, 5.74) is 3.60. The van der Waals surface area contributed by atoms with Gasteiger partial charge in [-0.2, -0.15) is 0 Å². The third kappa shape index (κ3) is 4.86. The van der Waals surface area contributed by atoms with Crippen molar-refractivity contribution in [2.24, 2.45) is 0 Å². The zero-order valence-electron chi connectivity index (χ0n) is 17.5. The van der Waals surface area contributed by atoms with Crippen LogP contribution in [0.25, 0.3) is 10.9 Å². The fourth-order valence-electron chi connectivity index (χ4n) is 3.03. The minimum Gasteiger partial charge on any atom is -0.491 e. The molecule has 0 spiro atoms. The Bertz CT molecular complexity index is 1000. The molecule has 0 aliphatic carbocycles. The van der Waals surface area contributed by atoms with Crippen LogP contribution in [0.4, 0.5) is 5.69 Å². The maximum absolute atomic E-state index is 12.8. The first kappa shape index (κ1) is 20.6. The lowest BCUT2D eigenvalue weighted by Crippen LogP contribution is -2.30. The largest absolute Gasteiger partial charge is 0.491 e. The van der Waals surface area contributed by atoms with Crippen LogP contribution in [0.2, 0.25) is 0 Å². The second-order valence-corrected chi connectivity index (χ2v) is 7.16. The molecule has 152 valence electrons.